The summed E-state index contributed by atoms with van der Waals surface area (Å²) in [5.74, 6) is 1.85. The van der Waals surface area contributed by atoms with Crippen LogP contribution in [0.25, 0.3) is 5.82 Å². The molecule has 2 aromatic heterocycles. The summed E-state index contributed by atoms with van der Waals surface area (Å²) >= 11 is 0. The number of aryl methyl sites for hydroxylation is 2. The maximum Gasteiger partial charge on any atom is 0.175 e. The van der Waals surface area contributed by atoms with Crippen LogP contribution in [0, 0.1) is 13.8 Å². The first-order valence-corrected chi connectivity index (χ1v) is 9.90. The largest absolute Gasteiger partial charge is 0.496 e. The van der Waals surface area contributed by atoms with Crippen LogP contribution in [-0.2, 0) is 25.9 Å². The Balaban J connectivity index is 1.42. The molecule has 0 N–H and O–H groups in total. The third kappa shape index (κ3) is 2.71. The van der Waals surface area contributed by atoms with Crippen LogP contribution >= 0.6 is 0 Å². The molecule has 1 aliphatic carbocycles. The molecule has 0 spiro atoms. The number of hydrogen-bond acceptors (Lipinski definition) is 5. The summed E-state index contributed by atoms with van der Waals surface area (Å²) < 4.78 is 7.56. The molecule has 5 rings (SSSR count). The zero-order chi connectivity index (χ0) is 19.3. The molecule has 1 aromatic carbocycles. The highest BCUT2D eigenvalue weighted by Gasteiger charge is 2.32. The Morgan fingerprint density at radius 1 is 1.07 bits per heavy atom. The van der Waals surface area contributed by atoms with E-state index in [0.29, 0.717) is 6.04 Å². The van der Waals surface area contributed by atoms with Crippen LogP contribution in [0.15, 0.2) is 30.6 Å². The summed E-state index contributed by atoms with van der Waals surface area (Å²) in [7, 11) is 1.76. The van der Waals surface area contributed by atoms with Crippen LogP contribution in [0.1, 0.15) is 40.2 Å². The van der Waals surface area contributed by atoms with E-state index in [1.165, 1.54) is 28.1 Å². The van der Waals surface area contributed by atoms with E-state index in [2.05, 4.69) is 40.0 Å². The molecule has 1 atom stereocenters. The van der Waals surface area contributed by atoms with Crippen molar-refractivity contribution in [1.29, 1.82) is 0 Å². The van der Waals surface area contributed by atoms with E-state index in [4.69, 9.17) is 9.84 Å². The third-order valence-corrected chi connectivity index (χ3v) is 6.23. The van der Waals surface area contributed by atoms with Crippen molar-refractivity contribution >= 4 is 0 Å². The fraction of sp³-hybridized carbons (Fsp3) is 0.409. The Morgan fingerprint density at radius 2 is 1.93 bits per heavy atom. The molecular formula is C22H25N5O. The van der Waals surface area contributed by atoms with Crippen molar-refractivity contribution in [1.82, 2.24) is 24.6 Å². The summed E-state index contributed by atoms with van der Waals surface area (Å²) in [4.78, 5) is 11.5. The molecule has 0 saturated carbocycles. The van der Waals surface area contributed by atoms with Crippen LogP contribution in [-0.4, -0.2) is 37.8 Å². The van der Waals surface area contributed by atoms with Crippen LogP contribution < -0.4 is 4.74 Å². The fourth-order valence-corrected chi connectivity index (χ4v) is 4.69. The van der Waals surface area contributed by atoms with Gasteiger partial charge in [-0.25, -0.2) is 9.67 Å². The second kappa shape index (κ2) is 6.71. The van der Waals surface area contributed by atoms with Crippen molar-refractivity contribution in [2.24, 2.45) is 0 Å². The van der Waals surface area contributed by atoms with Crippen LogP contribution in [0.4, 0.5) is 0 Å². The first-order valence-electron chi connectivity index (χ1n) is 9.90. The van der Waals surface area contributed by atoms with Gasteiger partial charge >= 0.3 is 0 Å². The molecule has 0 bridgehead atoms. The zero-order valence-electron chi connectivity index (χ0n) is 16.6. The number of benzene rings is 1. The van der Waals surface area contributed by atoms with Crippen molar-refractivity contribution in [2.75, 3.05) is 7.11 Å². The molecular weight excluding hydrogens is 350 g/mol. The number of aromatic nitrogens is 4. The highest BCUT2D eigenvalue weighted by atomic mass is 16.5. The van der Waals surface area contributed by atoms with Crippen LogP contribution in [0.5, 0.6) is 5.75 Å². The first kappa shape index (κ1) is 17.4. The van der Waals surface area contributed by atoms with Crippen molar-refractivity contribution in [3.63, 3.8) is 0 Å². The van der Waals surface area contributed by atoms with E-state index in [1.807, 2.05) is 11.6 Å². The summed E-state index contributed by atoms with van der Waals surface area (Å²) in [5, 5.41) is 4.88. The van der Waals surface area contributed by atoms with Gasteiger partial charge in [-0.1, -0.05) is 12.1 Å². The molecule has 6 heteroatoms. The maximum absolute atomic E-state index is 5.58. The van der Waals surface area contributed by atoms with E-state index < -0.39 is 0 Å². The summed E-state index contributed by atoms with van der Waals surface area (Å²) in [6.07, 6.45) is 6.65. The van der Waals surface area contributed by atoms with E-state index in [1.54, 1.807) is 19.5 Å². The van der Waals surface area contributed by atoms with Gasteiger partial charge < -0.3 is 4.74 Å². The quantitative estimate of drug-likeness (QED) is 0.704. The predicted octanol–water partition coefficient (Wildman–Crippen LogP) is 3.16. The van der Waals surface area contributed by atoms with Crippen LogP contribution in [0.3, 0.4) is 0 Å². The van der Waals surface area contributed by atoms with E-state index in [-0.39, 0.29) is 0 Å². The van der Waals surface area contributed by atoms with Gasteiger partial charge in [-0.05, 0) is 50.3 Å². The molecule has 1 aliphatic heterocycles. The van der Waals surface area contributed by atoms with Gasteiger partial charge in [0.25, 0.3) is 0 Å². The van der Waals surface area contributed by atoms with Crippen molar-refractivity contribution in [2.45, 2.75) is 52.2 Å². The molecule has 0 fully saturated rings. The Hall–Kier alpha value is -2.73. The smallest absolute Gasteiger partial charge is 0.175 e. The molecule has 6 nitrogen and oxygen atoms in total. The standard InChI is InChI=1S/C22H25N5O/c1-14-22(24-10-9-23-14)27-15(2)18-11-17(7-8-20(18)25-27)26-12-16-5-4-6-21(28-3)19(16)13-26/h4-6,9-10,17H,7-8,11-13H2,1-3H3. The molecule has 28 heavy (non-hydrogen) atoms. The summed E-state index contributed by atoms with van der Waals surface area (Å²) in [6.45, 7) is 6.11. The van der Waals surface area contributed by atoms with E-state index in [9.17, 15) is 0 Å². The number of methoxy groups -OCH3 is 1. The minimum atomic E-state index is 0.531. The van der Waals surface area contributed by atoms with Gasteiger partial charge in [0.1, 0.15) is 5.75 Å². The zero-order valence-corrected chi connectivity index (χ0v) is 16.6. The second-order valence-electron chi connectivity index (χ2n) is 7.79. The maximum atomic E-state index is 5.58. The number of hydrogen-bond donors (Lipinski definition) is 0. The highest BCUT2D eigenvalue weighted by molar-refractivity contribution is 5.43. The minimum absolute atomic E-state index is 0.531. The number of fused-ring (bicyclic) bond motifs is 2. The molecule has 1 unspecified atom stereocenters. The molecule has 3 aromatic rings. The number of ether oxygens (including phenoxy) is 1. The topological polar surface area (TPSA) is 56.1 Å². The molecule has 0 saturated heterocycles. The SMILES string of the molecule is COc1cccc2c1CN(C1CCc3nn(-c4nccnc4C)c(C)c3C1)C2. The summed E-state index contributed by atoms with van der Waals surface area (Å²) in [6, 6.07) is 6.92. The lowest BCUT2D eigenvalue weighted by Crippen LogP contribution is -2.35. The Kier molecular flexibility index (Phi) is 4.16. The van der Waals surface area contributed by atoms with E-state index in [0.717, 1.165) is 49.6 Å². The molecule has 0 radical (unpaired) electrons. The van der Waals surface area contributed by atoms with Crippen molar-refractivity contribution in [3.05, 3.63) is 64.4 Å². The molecule has 3 heterocycles. The average Bonchev–Trinajstić information content (AvgIpc) is 3.29. The Labute approximate surface area is 165 Å². The third-order valence-electron chi connectivity index (χ3n) is 6.23. The van der Waals surface area contributed by atoms with Gasteiger partial charge in [-0.15, -0.1) is 0 Å². The van der Waals surface area contributed by atoms with Crippen molar-refractivity contribution in [3.8, 4) is 11.6 Å². The first-order chi connectivity index (χ1) is 13.7. The normalized spacial score (nSPS) is 18.8. The van der Waals surface area contributed by atoms with Crippen LogP contribution in [0.2, 0.25) is 0 Å². The Bertz CT molecular complexity index is 1040. The van der Waals surface area contributed by atoms with Gasteiger partial charge in [0.05, 0.1) is 18.5 Å². The lowest BCUT2D eigenvalue weighted by molar-refractivity contribution is 0.180. The van der Waals surface area contributed by atoms with Gasteiger partial charge in [-0.2, -0.15) is 5.10 Å². The highest BCUT2D eigenvalue weighted by Crippen LogP contribution is 2.36. The van der Waals surface area contributed by atoms with Gasteiger partial charge in [0, 0.05) is 42.8 Å². The van der Waals surface area contributed by atoms with Gasteiger partial charge in [-0.3, -0.25) is 9.88 Å². The average molecular weight is 375 g/mol. The molecule has 2 aliphatic rings. The lowest BCUT2D eigenvalue weighted by atomic mass is 9.91. The van der Waals surface area contributed by atoms with Gasteiger partial charge in [0.15, 0.2) is 5.82 Å². The van der Waals surface area contributed by atoms with Gasteiger partial charge in [0.2, 0.25) is 0 Å². The summed E-state index contributed by atoms with van der Waals surface area (Å²) in [5.41, 5.74) is 7.44. The Morgan fingerprint density at radius 3 is 2.75 bits per heavy atom. The minimum Gasteiger partial charge on any atom is -0.496 e. The van der Waals surface area contributed by atoms with Crippen molar-refractivity contribution < 1.29 is 4.74 Å². The number of rotatable bonds is 3. The van der Waals surface area contributed by atoms with E-state index >= 15 is 0 Å². The molecule has 144 valence electrons. The number of nitrogens with zero attached hydrogens (tertiary/aromatic N) is 5. The fourth-order valence-electron chi connectivity index (χ4n) is 4.69. The molecule has 0 amide bonds. The second-order valence-corrected chi connectivity index (χ2v) is 7.79. The monoisotopic (exact) mass is 375 g/mol. The predicted molar refractivity (Wildman–Crippen MR) is 107 cm³/mol. The lowest BCUT2D eigenvalue weighted by Gasteiger charge is -2.30.